The molecule has 0 aromatic heterocycles. The third-order valence-corrected chi connectivity index (χ3v) is 2.92. The molecule has 0 aliphatic rings. The molecule has 0 aliphatic carbocycles. The van der Waals surface area contributed by atoms with Gasteiger partial charge in [-0.15, -0.1) is 0 Å². The Hall–Kier alpha value is -0.520. The second-order valence-electron chi connectivity index (χ2n) is 3.09. The van der Waals surface area contributed by atoms with Crippen LogP contribution in [0, 0.1) is 0 Å². The zero-order valence-corrected chi connectivity index (χ0v) is 9.13. The van der Waals surface area contributed by atoms with Gasteiger partial charge >= 0.3 is 0 Å². The number of halogens is 2. The van der Waals surface area contributed by atoms with E-state index in [0.717, 1.165) is 6.92 Å². The Kier molecular flexibility index (Phi) is 5.83. The van der Waals surface area contributed by atoms with Crippen LogP contribution in [0.1, 0.15) is 19.8 Å². The zero-order valence-electron chi connectivity index (χ0n) is 8.31. The first-order chi connectivity index (χ1) is 6.35. The summed E-state index contributed by atoms with van der Waals surface area (Å²) in [7, 11) is 0.148. The van der Waals surface area contributed by atoms with Crippen LogP contribution in [0.5, 0.6) is 0 Å². The van der Waals surface area contributed by atoms with Gasteiger partial charge in [-0.05, 0) is 6.92 Å². The SMILES string of the molecule is CNC(=O)CCS(=O)CCC(C)(F)F. The maximum absolute atomic E-state index is 12.3. The van der Waals surface area contributed by atoms with E-state index in [0.29, 0.717) is 0 Å². The molecule has 1 N–H and O–H groups in total. The van der Waals surface area contributed by atoms with E-state index >= 15 is 0 Å². The summed E-state index contributed by atoms with van der Waals surface area (Å²) in [5, 5.41) is 2.37. The molecule has 0 rings (SSSR count). The molecule has 1 unspecified atom stereocenters. The summed E-state index contributed by atoms with van der Waals surface area (Å²) in [5.74, 6) is -2.90. The molecule has 0 aromatic rings. The van der Waals surface area contributed by atoms with Crippen LogP contribution in [-0.4, -0.2) is 34.6 Å². The van der Waals surface area contributed by atoms with Gasteiger partial charge in [-0.2, -0.15) is 0 Å². The van der Waals surface area contributed by atoms with Gasteiger partial charge in [0.2, 0.25) is 11.8 Å². The Bertz CT molecular complexity index is 216. The van der Waals surface area contributed by atoms with E-state index in [1.807, 2.05) is 0 Å². The fraction of sp³-hybridized carbons (Fsp3) is 0.875. The highest BCUT2D eigenvalue weighted by atomic mass is 32.2. The maximum Gasteiger partial charge on any atom is 0.246 e. The molecule has 3 nitrogen and oxygen atoms in total. The quantitative estimate of drug-likeness (QED) is 0.733. The molecule has 0 heterocycles. The lowest BCUT2D eigenvalue weighted by molar-refractivity contribution is -0.120. The fourth-order valence-corrected chi connectivity index (χ4v) is 1.93. The third kappa shape index (κ3) is 8.10. The molecule has 0 saturated carbocycles. The number of amides is 1. The van der Waals surface area contributed by atoms with Crippen molar-refractivity contribution in [3.05, 3.63) is 0 Å². The summed E-state index contributed by atoms with van der Waals surface area (Å²) >= 11 is 0. The van der Waals surface area contributed by atoms with Gasteiger partial charge in [-0.3, -0.25) is 9.00 Å². The average Bonchev–Trinajstić information content (AvgIpc) is 2.09. The molecule has 0 saturated heterocycles. The number of alkyl halides is 2. The van der Waals surface area contributed by atoms with Gasteiger partial charge in [0.1, 0.15) is 0 Å². The van der Waals surface area contributed by atoms with Crippen LogP contribution in [0.4, 0.5) is 8.78 Å². The van der Waals surface area contributed by atoms with Gasteiger partial charge < -0.3 is 5.32 Å². The summed E-state index contributed by atoms with van der Waals surface area (Å²) in [6.07, 6.45) is -0.272. The Morgan fingerprint density at radius 3 is 2.43 bits per heavy atom. The van der Waals surface area contributed by atoms with Crippen molar-refractivity contribution >= 4 is 16.7 Å². The summed E-state index contributed by atoms with van der Waals surface area (Å²) in [6.45, 7) is 0.795. The van der Waals surface area contributed by atoms with Crippen molar-refractivity contribution in [2.24, 2.45) is 0 Å². The minimum absolute atomic E-state index is 0.0551. The summed E-state index contributed by atoms with van der Waals surface area (Å²) < 4.78 is 35.8. The average molecular weight is 227 g/mol. The molecule has 0 fully saturated rings. The van der Waals surface area contributed by atoms with Crippen molar-refractivity contribution in [3.8, 4) is 0 Å². The van der Waals surface area contributed by atoms with Crippen molar-refractivity contribution in [2.75, 3.05) is 18.6 Å². The molecule has 0 radical (unpaired) electrons. The number of carbonyl (C=O) groups is 1. The van der Waals surface area contributed by atoms with Crippen molar-refractivity contribution in [1.82, 2.24) is 5.32 Å². The topological polar surface area (TPSA) is 46.2 Å². The second kappa shape index (κ2) is 6.06. The molecule has 1 atom stereocenters. The van der Waals surface area contributed by atoms with Gasteiger partial charge in [0, 0.05) is 42.2 Å². The number of rotatable bonds is 6. The van der Waals surface area contributed by atoms with E-state index in [9.17, 15) is 17.8 Å². The molecule has 14 heavy (non-hydrogen) atoms. The van der Waals surface area contributed by atoms with Crippen LogP contribution in [-0.2, 0) is 15.6 Å². The number of nitrogens with one attached hydrogen (secondary N) is 1. The minimum Gasteiger partial charge on any atom is -0.359 e. The van der Waals surface area contributed by atoms with Crippen molar-refractivity contribution in [3.63, 3.8) is 0 Å². The lowest BCUT2D eigenvalue weighted by atomic mass is 10.3. The Morgan fingerprint density at radius 2 is 2.00 bits per heavy atom. The van der Waals surface area contributed by atoms with Gasteiger partial charge in [0.25, 0.3) is 0 Å². The molecule has 0 spiro atoms. The van der Waals surface area contributed by atoms with Crippen molar-refractivity contribution in [2.45, 2.75) is 25.7 Å². The largest absolute Gasteiger partial charge is 0.359 e. The van der Waals surface area contributed by atoms with Crippen LogP contribution in [0.2, 0.25) is 0 Å². The molecular weight excluding hydrogens is 212 g/mol. The number of carbonyl (C=O) groups excluding carboxylic acids is 1. The van der Waals surface area contributed by atoms with Crippen LogP contribution >= 0.6 is 0 Å². The maximum atomic E-state index is 12.3. The van der Waals surface area contributed by atoms with Gasteiger partial charge in [0.05, 0.1) is 0 Å². The highest BCUT2D eigenvalue weighted by Gasteiger charge is 2.21. The smallest absolute Gasteiger partial charge is 0.246 e. The summed E-state index contributed by atoms with van der Waals surface area (Å²) in [6, 6.07) is 0. The van der Waals surface area contributed by atoms with Gasteiger partial charge in [-0.1, -0.05) is 0 Å². The lowest BCUT2D eigenvalue weighted by Gasteiger charge is -2.08. The van der Waals surface area contributed by atoms with Gasteiger partial charge in [0.15, 0.2) is 0 Å². The van der Waals surface area contributed by atoms with Crippen molar-refractivity contribution in [1.29, 1.82) is 0 Å². The number of hydrogen-bond donors (Lipinski definition) is 1. The Balaban J connectivity index is 3.62. The Morgan fingerprint density at radius 1 is 1.43 bits per heavy atom. The predicted molar refractivity (Wildman–Crippen MR) is 51.8 cm³/mol. The lowest BCUT2D eigenvalue weighted by Crippen LogP contribution is -2.21. The minimum atomic E-state index is -2.78. The summed E-state index contributed by atoms with van der Waals surface area (Å²) in [4.78, 5) is 10.7. The molecule has 84 valence electrons. The predicted octanol–water partition coefficient (Wildman–Crippen LogP) is 0.916. The molecule has 1 amide bonds. The van der Waals surface area contributed by atoms with Crippen LogP contribution < -0.4 is 5.32 Å². The van der Waals surface area contributed by atoms with E-state index < -0.39 is 23.1 Å². The van der Waals surface area contributed by atoms with Crippen molar-refractivity contribution < 1.29 is 17.8 Å². The molecule has 0 aliphatic heterocycles. The zero-order chi connectivity index (χ0) is 11.2. The highest BCUT2D eigenvalue weighted by Crippen LogP contribution is 2.16. The molecular formula is C8H15F2NO2S. The molecule has 0 bridgehead atoms. The second-order valence-corrected chi connectivity index (χ2v) is 4.79. The monoisotopic (exact) mass is 227 g/mol. The Labute approximate surface area is 84.7 Å². The molecule has 6 heteroatoms. The van der Waals surface area contributed by atoms with Gasteiger partial charge in [-0.25, -0.2) is 8.78 Å². The third-order valence-electron chi connectivity index (χ3n) is 1.60. The summed E-state index contributed by atoms with van der Waals surface area (Å²) in [5.41, 5.74) is 0. The first-order valence-electron chi connectivity index (χ1n) is 4.28. The normalized spacial score (nSPS) is 13.7. The number of hydrogen-bond acceptors (Lipinski definition) is 2. The first-order valence-corrected chi connectivity index (χ1v) is 5.77. The highest BCUT2D eigenvalue weighted by molar-refractivity contribution is 7.84. The van der Waals surface area contributed by atoms with Crippen LogP contribution in [0.3, 0.4) is 0 Å². The van der Waals surface area contributed by atoms with Crippen LogP contribution in [0.25, 0.3) is 0 Å². The van der Waals surface area contributed by atoms with E-state index in [4.69, 9.17) is 0 Å². The van der Waals surface area contributed by atoms with E-state index in [2.05, 4.69) is 5.32 Å². The molecule has 0 aromatic carbocycles. The first kappa shape index (κ1) is 13.5. The van der Waals surface area contributed by atoms with E-state index in [-0.39, 0.29) is 23.8 Å². The van der Waals surface area contributed by atoms with E-state index in [1.165, 1.54) is 7.05 Å². The van der Waals surface area contributed by atoms with Crippen LogP contribution in [0.15, 0.2) is 0 Å². The van der Waals surface area contributed by atoms with E-state index in [1.54, 1.807) is 0 Å². The fourth-order valence-electron chi connectivity index (χ4n) is 0.727. The standard InChI is InChI=1S/C8H15F2NO2S/c1-8(9,10)4-6-14(13)5-3-7(12)11-2/h3-6H2,1-2H3,(H,11,12).